The average Bonchev–Trinajstić information content (AvgIpc) is 3.11. The number of anilines is 2. The molecule has 0 bridgehead atoms. The molecular formula is C39H44N4O7. The molecule has 50 heavy (non-hydrogen) atoms. The van der Waals surface area contributed by atoms with Crippen LogP contribution in [0.4, 0.5) is 16.2 Å². The lowest BCUT2D eigenvalue weighted by molar-refractivity contribution is 0.0975. The molecule has 0 atom stereocenters. The fourth-order valence-electron chi connectivity index (χ4n) is 5.15. The van der Waals surface area contributed by atoms with Gasteiger partial charge in [-0.25, -0.2) is 4.79 Å². The minimum Gasteiger partial charge on any atom is -0.493 e. The van der Waals surface area contributed by atoms with E-state index in [9.17, 15) is 14.4 Å². The number of aryl methyl sites for hydroxylation is 3. The Morgan fingerprint density at radius 2 is 1.38 bits per heavy atom. The Morgan fingerprint density at radius 3 is 1.96 bits per heavy atom. The van der Waals surface area contributed by atoms with Gasteiger partial charge in [-0.1, -0.05) is 48.5 Å². The highest BCUT2D eigenvalue weighted by molar-refractivity contribution is 6.05. The second-order valence-electron chi connectivity index (χ2n) is 12.5. The van der Waals surface area contributed by atoms with Crippen molar-refractivity contribution < 1.29 is 33.4 Å². The molecule has 0 aliphatic carbocycles. The van der Waals surface area contributed by atoms with Gasteiger partial charge in [0.2, 0.25) is 5.75 Å². The third-order valence-corrected chi connectivity index (χ3v) is 7.76. The van der Waals surface area contributed by atoms with Crippen molar-refractivity contribution in [3.8, 4) is 17.2 Å². The first-order valence-corrected chi connectivity index (χ1v) is 16.1. The van der Waals surface area contributed by atoms with Gasteiger partial charge < -0.3 is 29.7 Å². The highest BCUT2D eigenvalue weighted by Gasteiger charge is 2.27. The minimum absolute atomic E-state index is 0.194. The van der Waals surface area contributed by atoms with Crippen LogP contribution in [-0.4, -0.2) is 51.1 Å². The maximum Gasteiger partial charge on any atom is 0.459 e. The summed E-state index contributed by atoms with van der Waals surface area (Å²) in [6.45, 7) is 7.45. The van der Waals surface area contributed by atoms with Crippen LogP contribution in [0, 0.1) is 6.92 Å². The van der Waals surface area contributed by atoms with Crippen LogP contribution in [0.3, 0.4) is 0 Å². The second kappa shape index (κ2) is 17.0. The van der Waals surface area contributed by atoms with Gasteiger partial charge in [-0.05, 0) is 100 Å². The lowest BCUT2D eigenvalue weighted by Gasteiger charge is -2.34. The van der Waals surface area contributed by atoms with Gasteiger partial charge >= 0.3 is 6.09 Å². The summed E-state index contributed by atoms with van der Waals surface area (Å²) in [5.74, 6) is 0.110. The fourth-order valence-corrected chi connectivity index (χ4v) is 5.15. The normalized spacial score (nSPS) is 11.1. The van der Waals surface area contributed by atoms with Gasteiger partial charge in [0, 0.05) is 16.8 Å². The molecule has 11 nitrogen and oxygen atoms in total. The number of rotatable bonds is 13. The predicted octanol–water partition coefficient (Wildman–Crippen LogP) is 7.56. The van der Waals surface area contributed by atoms with Gasteiger partial charge in [-0.2, -0.15) is 10.1 Å². The zero-order valence-corrected chi connectivity index (χ0v) is 29.5. The molecule has 0 aliphatic rings. The number of hydroxylamine groups is 1. The molecule has 11 heteroatoms. The van der Waals surface area contributed by atoms with E-state index in [-0.39, 0.29) is 11.5 Å². The van der Waals surface area contributed by atoms with Gasteiger partial charge in [0.1, 0.15) is 6.34 Å². The molecule has 0 aliphatic heterocycles. The number of aliphatic imine (C=N–C) groups is 1. The zero-order valence-electron chi connectivity index (χ0n) is 29.5. The van der Waals surface area contributed by atoms with Crippen molar-refractivity contribution in [1.29, 1.82) is 0 Å². The van der Waals surface area contributed by atoms with E-state index in [2.05, 4.69) is 27.8 Å². The first kappa shape index (κ1) is 37.0. The first-order valence-electron chi connectivity index (χ1n) is 16.1. The molecule has 0 heterocycles. The SMILES string of the molecule is COc1cc(C(=O)NC=NC(=O)ON(c2ccc(C)c(NC(=O)c3ccc(CCCc4ccccc4)cc3)c2)C(C)(C)C)cc(OC)c1OC. The smallest absolute Gasteiger partial charge is 0.459 e. The number of methoxy groups -OCH3 is 3. The van der Waals surface area contributed by atoms with Crippen molar-refractivity contribution in [2.75, 3.05) is 31.7 Å². The van der Waals surface area contributed by atoms with Gasteiger partial charge in [0.15, 0.2) is 11.5 Å². The lowest BCUT2D eigenvalue weighted by Crippen LogP contribution is -2.42. The topological polar surface area (TPSA) is 128 Å². The third kappa shape index (κ3) is 9.85. The summed E-state index contributed by atoms with van der Waals surface area (Å²) in [5.41, 5.74) is 4.41. The summed E-state index contributed by atoms with van der Waals surface area (Å²) >= 11 is 0. The van der Waals surface area contributed by atoms with Crippen molar-refractivity contribution in [3.63, 3.8) is 0 Å². The Balaban J connectivity index is 1.39. The van der Waals surface area contributed by atoms with E-state index in [1.54, 1.807) is 12.1 Å². The molecule has 0 spiro atoms. The minimum atomic E-state index is -0.972. The van der Waals surface area contributed by atoms with Crippen LogP contribution in [0.5, 0.6) is 17.2 Å². The molecule has 0 saturated heterocycles. The second-order valence-corrected chi connectivity index (χ2v) is 12.5. The summed E-state index contributed by atoms with van der Waals surface area (Å²) in [6.07, 6.45) is 2.91. The maximum atomic E-state index is 13.2. The molecule has 3 amide bonds. The van der Waals surface area contributed by atoms with Gasteiger partial charge in [-0.15, -0.1) is 0 Å². The van der Waals surface area contributed by atoms with Crippen LogP contribution >= 0.6 is 0 Å². The molecule has 4 aromatic rings. The van der Waals surface area contributed by atoms with Crippen LogP contribution in [0.2, 0.25) is 0 Å². The number of nitrogens with one attached hydrogen (secondary N) is 2. The largest absolute Gasteiger partial charge is 0.493 e. The molecule has 0 aromatic heterocycles. The number of carbonyl (C=O) groups is 3. The monoisotopic (exact) mass is 680 g/mol. The third-order valence-electron chi connectivity index (χ3n) is 7.76. The van der Waals surface area contributed by atoms with Crippen LogP contribution in [0.1, 0.15) is 64.6 Å². The van der Waals surface area contributed by atoms with E-state index in [1.165, 1.54) is 49.7 Å². The number of ether oxygens (including phenoxy) is 3. The van der Waals surface area contributed by atoms with Crippen LogP contribution in [0.15, 0.2) is 89.9 Å². The number of carbonyl (C=O) groups excluding carboxylic acids is 3. The zero-order chi connectivity index (χ0) is 36.3. The standard InChI is InChI=1S/C39H44N4O7/c1-26-16-21-31(24-32(26)42-37(45)29-19-17-28(18-20-29)15-11-14-27-12-9-8-10-13-27)43(39(2,3)4)50-38(46)41-25-40-36(44)30-22-33(47-5)35(49-7)34(23-30)48-6/h8-10,12-13,16-25H,11,14-15H2,1-7H3,(H,42,45)(H,40,41,44,46). The summed E-state index contributed by atoms with van der Waals surface area (Å²) in [5, 5.41) is 6.83. The summed E-state index contributed by atoms with van der Waals surface area (Å²) < 4.78 is 15.9. The predicted molar refractivity (Wildman–Crippen MR) is 195 cm³/mol. The van der Waals surface area contributed by atoms with Crippen LogP contribution < -0.4 is 29.9 Å². The number of hydrogen-bond acceptors (Lipinski definition) is 8. The first-order chi connectivity index (χ1) is 23.9. The van der Waals surface area contributed by atoms with Crippen molar-refractivity contribution >= 4 is 35.6 Å². The highest BCUT2D eigenvalue weighted by atomic mass is 16.7. The molecular weight excluding hydrogens is 636 g/mol. The van der Waals surface area contributed by atoms with Crippen molar-refractivity contribution in [2.24, 2.45) is 4.99 Å². The lowest BCUT2D eigenvalue weighted by atomic mass is 10.0. The average molecular weight is 681 g/mol. The van der Waals surface area contributed by atoms with Gasteiger partial charge in [0.05, 0.1) is 32.6 Å². The molecule has 0 fully saturated rings. The highest BCUT2D eigenvalue weighted by Crippen LogP contribution is 2.38. The quantitative estimate of drug-likeness (QED) is 0.0842. The number of hydrogen-bond donors (Lipinski definition) is 2. The number of benzene rings is 4. The number of nitrogens with zero attached hydrogens (tertiary/aromatic N) is 2. The Labute approximate surface area is 293 Å². The van der Waals surface area contributed by atoms with E-state index in [1.807, 2.05) is 76.2 Å². The molecule has 0 saturated carbocycles. The van der Waals surface area contributed by atoms with Crippen LogP contribution in [-0.2, 0) is 17.7 Å². The van der Waals surface area contributed by atoms with Crippen molar-refractivity contribution in [1.82, 2.24) is 5.32 Å². The van der Waals surface area contributed by atoms with Crippen molar-refractivity contribution in [3.05, 3.63) is 113 Å². The van der Waals surface area contributed by atoms with E-state index in [4.69, 9.17) is 19.0 Å². The molecule has 0 radical (unpaired) electrons. The van der Waals surface area contributed by atoms with E-state index in [0.717, 1.165) is 31.2 Å². The van der Waals surface area contributed by atoms with Gasteiger partial charge in [-0.3, -0.25) is 9.59 Å². The van der Waals surface area contributed by atoms with E-state index in [0.29, 0.717) is 34.2 Å². The van der Waals surface area contributed by atoms with E-state index < -0.39 is 17.5 Å². The molecule has 262 valence electrons. The number of amides is 3. The van der Waals surface area contributed by atoms with Crippen LogP contribution in [0.25, 0.3) is 0 Å². The fraction of sp³-hybridized carbons (Fsp3) is 0.282. The molecule has 4 rings (SSSR count). The molecule has 2 N–H and O–H groups in total. The Kier molecular flexibility index (Phi) is 12.6. The summed E-state index contributed by atoms with van der Waals surface area (Å²) in [6, 6.07) is 26.3. The van der Waals surface area contributed by atoms with Gasteiger partial charge in [0.25, 0.3) is 11.8 Å². The van der Waals surface area contributed by atoms with E-state index >= 15 is 0 Å². The Hall–Kier alpha value is -5.84. The Bertz CT molecular complexity index is 1790. The summed E-state index contributed by atoms with van der Waals surface area (Å²) in [7, 11) is 4.34. The Morgan fingerprint density at radius 1 is 0.760 bits per heavy atom. The van der Waals surface area contributed by atoms with Crippen molar-refractivity contribution in [2.45, 2.75) is 52.5 Å². The molecule has 4 aromatic carbocycles. The maximum absolute atomic E-state index is 13.2. The molecule has 0 unspecified atom stereocenters. The summed E-state index contributed by atoms with van der Waals surface area (Å²) in [4.78, 5) is 48.2.